The SMILES string of the molecule is CCC1CCCC(NC2CCN(c3ccncc3)CC2)C1. The largest absolute Gasteiger partial charge is 0.371 e. The molecule has 0 radical (unpaired) electrons. The normalized spacial score (nSPS) is 27.8. The van der Waals surface area contributed by atoms with Crippen LogP contribution in [0.1, 0.15) is 51.9 Å². The van der Waals surface area contributed by atoms with Crippen LogP contribution in [0.25, 0.3) is 0 Å². The maximum atomic E-state index is 4.11. The predicted molar refractivity (Wildman–Crippen MR) is 88.6 cm³/mol. The fraction of sp³-hybridized carbons (Fsp3) is 0.722. The lowest BCUT2D eigenvalue weighted by Crippen LogP contribution is -2.47. The first-order valence-electron chi connectivity index (χ1n) is 8.76. The number of hydrogen-bond donors (Lipinski definition) is 1. The van der Waals surface area contributed by atoms with Crippen LogP contribution in [0.5, 0.6) is 0 Å². The molecule has 1 saturated heterocycles. The van der Waals surface area contributed by atoms with Gasteiger partial charge in [0.25, 0.3) is 0 Å². The van der Waals surface area contributed by atoms with Gasteiger partial charge in [-0.25, -0.2) is 0 Å². The molecule has 1 saturated carbocycles. The van der Waals surface area contributed by atoms with E-state index in [0.717, 1.165) is 18.0 Å². The van der Waals surface area contributed by atoms with Gasteiger partial charge in [-0.3, -0.25) is 4.98 Å². The predicted octanol–water partition coefficient (Wildman–Crippen LogP) is 3.61. The molecule has 1 N–H and O–H groups in total. The van der Waals surface area contributed by atoms with E-state index >= 15 is 0 Å². The van der Waals surface area contributed by atoms with E-state index in [9.17, 15) is 0 Å². The topological polar surface area (TPSA) is 28.2 Å². The molecule has 2 heterocycles. The summed E-state index contributed by atoms with van der Waals surface area (Å²) < 4.78 is 0. The molecule has 3 nitrogen and oxygen atoms in total. The van der Waals surface area contributed by atoms with Gasteiger partial charge >= 0.3 is 0 Å². The number of anilines is 1. The van der Waals surface area contributed by atoms with E-state index in [1.807, 2.05) is 12.4 Å². The van der Waals surface area contributed by atoms with Crippen molar-refractivity contribution in [2.75, 3.05) is 18.0 Å². The highest BCUT2D eigenvalue weighted by Gasteiger charge is 2.25. The Kier molecular flexibility index (Phi) is 5.13. The van der Waals surface area contributed by atoms with Gasteiger partial charge in [0.2, 0.25) is 0 Å². The number of rotatable bonds is 4. The highest BCUT2D eigenvalue weighted by molar-refractivity contribution is 5.44. The molecule has 1 aromatic rings. The summed E-state index contributed by atoms with van der Waals surface area (Å²) in [5.74, 6) is 0.966. The lowest BCUT2D eigenvalue weighted by molar-refractivity contribution is 0.249. The highest BCUT2D eigenvalue weighted by atomic mass is 15.1. The van der Waals surface area contributed by atoms with Crippen LogP contribution < -0.4 is 10.2 Å². The quantitative estimate of drug-likeness (QED) is 0.917. The maximum Gasteiger partial charge on any atom is 0.0397 e. The van der Waals surface area contributed by atoms with Gasteiger partial charge in [-0.1, -0.05) is 26.2 Å². The van der Waals surface area contributed by atoms with E-state index in [2.05, 4.69) is 34.3 Å². The molecule has 1 aliphatic heterocycles. The smallest absolute Gasteiger partial charge is 0.0397 e. The molecule has 2 fully saturated rings. The first-order valence-corrected chi connectivity index (χ1v) is 8.76. The first-order chi connectivity index (χ1) is 10.3. The molecule has 0 amide bonds. The average molecular weight is 287 g/mol. The van der Waals surface area contributed by atoms with Crippen molar-refractivity contribution < 1.29 is 0 Å². The van der Waals surface area contributed by atoms with E-state index in [4.69, 9.17) is 0 Å². The van der Waals surface area contributed by atoms with Gasteiger partial charge in [-0.15, -0.1) is 0 Å². The number of piperidine rings is 1. The Morgan fingerprint density at radius 1 is 1.10 bits per heavy atom. The molecule has 2 aliphatic rings. The van der Waals surface area contributed by atoms with Crippen LogP contribution in [0.15, 0.2) is 24.5 Å². The molecular weight excluding hydrogens is 258 g/mol. The lowest BCUT2D eigenvalue weighted by atomic mass is 9.83. The summed E-state index contributed by atoms with van der Waals surface area (Å²) in [5, 5.41) is 3.96. The van der Waals surface area contributed by atoms with Crippen molar-refractivity contribution in [3.63, 3.8) is 0 Å². The van der Waals surface area contributed by atoms with Gasteiger partial charge in [-0.05, 0) is 43.7 Å². The third-order valence-electron chi connectivity index (χ3n) is 5.35. The fourth-order valence-corrected chi connectivity index (χ4v) is 4.01. The van der Waals surface area contributed by atoms with Crippen molar-refractivity contribution in [3.8, 4) is 0 Å². The zero-order valence-corrected chi connectivity index (χ0v) is 13.3. The van der Waals surface area contributed by atoms with Gasteiger partial charge < -0.3 is 10.2 Å². The number of nitrogens with one attached hydrogen (secondary N) is 1. The second-order valence-corrected chi connectivity index (χ2v) is 6.77. The van der Waals surface area contributed by atoms with Crippen LogP contribution >= 0.6 is 0 Å². The van der Waals surface area contributed by atoms with Crippen LogP contribution in [0.3, 0.4) is 0 Å². The van der Waals surface area contributed by atoms with Crippen LogP contribution in [0.2, 0.25) is 0 Å². The zero-order chi connectivity index (χ0) is 14.5. The number of hydrogen-bond acceptors (Lipinski definition) is 3. The Hall–Kier alpha value is -1.09. The van der Waals surface area contributed by atoms with Crippen LogP contribution in [0.4, 0.5) is 5.69 Å². The molecule has 0 aromatic carbocycles. The molecule has 116 valence electrons. The molecule has 3 rings (SSSR count). The monoisotopic (exact) mass is 287 g/mol. The summed E-state index contributed by atoms with van der Waals surface area (Å²) >= 11 is 0. The Labute approximate surface area is 129 Å². The number of nitrogens with zero attached hydrogens (tertiary/aromatic N) is 2. The van der Waals surface area contributed by atoms with E-state index in [1.165, 1.54) is 63.7 Å². The van der Waals surface area contributed by atoms with Crippen molar-refractivity contribution in [3.05, 3.63) is 24.5 Å². The van der Waals surface area contributed by atoms with Crippen LogP contribution in [-0.2, 0) is 0 Å². The summed E-state index contributed by atoms with van der Waals surface area (Å²) in [4.78, 5) is 6.60. The Balaban J connectivity index is 1.45. The first kappa shape index (κ1) is 14.8. The molecular formula is C18H29N3. The van der Waals surface area contributed by atoms with Gasteiger partial charge in [0.15, 0.2) is 0 Å². The van der Waals surface area contributed by atoms with Gasteiger partial charge in [0.05, 0.1) is 0 Å². The average Bonchev–Trinajstić information content (AvgIpc) is 2.56. The second kappa shape index (κ2) is 7.26. The van der Waals surface area contributed by atoms with Crippen molar-refractivity contribution >= 4 is 5.69 Å². The molecule has 3 heteroatoms. The summed E-state index contributed by atoms with van der Waals surface area (Å²) in [6.07, 6.45) is 13.4. The molecule has 0 spiro atoms. The van der Waals surface area contributed by atoms with E-state index in [0.29, 0.717) is 0 Å². The van der Waals surface area contributed by atoms with Gasteiger partial charge in [0.1, 0.15) is 0 Å². The summed E-state index contributed by atoms with van der Waals surface area (Å²) in [5.41, 5.74) is 1.33. The Morgan fingerprint density at radius 3 is 2.57 bits per heavy atom. The Morgan fingerprint density at radius 2 is 1.86 bits per heavy atom. The molecule has 2 atom stereocenters. The van der Waals surface area contributed by atoms with Crippen molar-refractivity contribution in [2.24, 2.45) is 5.92 Å². The molecule has 1 aromatic heterocycles. The number of aromatic nitrogens is 1. The molecule has 0 bridgehead atoms. The molecule has 2 unspecified atom stereocenters. The van der Waals surface area contributed by atoms with E-state index < -0.39 is 0 Å². The summed E-state index contributed by atoms with van der Waals surface area (Å²) in [6, 6.07) is 5.76. The second-order valence-electron chi connectivity index (χ2n) is 6.77. The van der Waals surface area contributed by atoms with Crippen LogP contribution in [0, 0.1) is 5.92 Å². The van der Waals surface area contributed by atoms with Crippen molar-refractivity contribution in [1.29, 1.82) is 0 Å². The lowest BCUT2D eigenvalue weighted by Gasteiger charge is -2.38. The highest BCUT2D eigenvalue weighted by Crippen LogP contribution is 2.28. The standard InChI is InChI=1S/C18H29N3/c1-2-15-4-3-5-17(14-15)20-16-8-12-21(13-9-16)18-6-10-19-11-7-18/h6-7,10-11,15-17,20H,2-5,8-9,12-14H2,1H3. The minimum absolute atomic E-state index is 0.726. The van der Waals surface area contributed by atoms with E-state index in [-0.39, 0.29) is 0 Å². The summed E-state index contributed by atoms with van der Waals surface area (Å²) in [6.45, 7) is 4.69. The van der Waals surface area contributed by atoms with Crippen molar-refractivity contribution in [1.82, 2.24) is 10.3 Å². The van der Waals surface area contributed by atoms with Gasteiger partial charge in [0, 0.05) is 43.3 Å². The minimum Gasteiger partial charge on any atom is -0.371 e. The third-order valence-corrected chi connectivity index (χ3v) is 5.35. The molecule has 21 heavy (non-hydrogen) atoms. The number of pyridine rings is 1. The maximum absolute atomic E-state index is 4.11. The third kappa shape index (κ3) is 3.97. The summed E-state index contributed by atoms with van der Waals surface area (Å²) in [7, 11) is 0. The Bertz CT molecular complexity index is 412. The van der Waals surface area contributed by atoms with Crippen molar-refractivity contribution in [2.45, 2.75) is 64.0 Å². The fourth-order valence-electron chi connectivity index (χ4n) is 4.01. The van der Waals surface area contributed by atoms with Crippen LogP contribution in [-0.4, -0.2) is 30.2 Å². The van der Waals surface area contributed by atoms with E-state index in [1.54, 1.807) is 0 Å². The van der Waals surface area contributed by atoms with Gasteiger partial charge in [-0.2, -0.15) is 0 Å². The minimum atomic E-state index is 0.726. The molecule has 1 aliphatic carbocycles. The zero-order valence-electron chi connectivity index (χ0n) is 13.3.